The first-order chi connectivity index (χ1) is 9.26. The standard InChI is InChI=1S/C14H16N4S/c1-9-3-5-10(6-4-9)16-13-11-7-15-8-12(11)17-14(18-13)19-2/h3-6,15H,7-8H2,1-2H3,(H,16,17,18). The van der Waals surface area contributed by atoms with Crippen molar-refractivity contribution in [3.63, 3.8) is 0 Å². The van der Waals surface area contributed by atoms with E-state index in [-0.39, 0.29) is 0 Å². The van der Waals surface area contributed by atoms with E-state index in [1.807, 2.05) is 6.26 Å². The number of fused-ring (bicyclic) bond motifs is 1. The van der Waals surface area contributed by atoms with Crippen LogP contribution in [0, 0.1) is 6.92 Å². The lowest BCUT2D eigenvalue weighted by molar-refractivity contribution is 0.754. The predicted octanol–water partition coefficient (Wildman–Crippen LogP) is 2.85. The molecule has 2 aromatic rings. The molecule has 0 aliphatic carbocycles. The molecule has 0 amide bonds. The van der Waals surface area contributed by atoms with Gasteiger partial charge in [0.1, 0.15) is 5.82 Å². The smallest absolute Gasteiger partial charge is 0.189 e. The van der Waals surface area contributed by atoms with Crippen molar-refractivity contribution in [2.24, 2.45) is 0 Å². The Kier molecular flexibility index (Phi) is 3.40. The van der Waals surface area contributed by atoms with E-state index in [1.54, 1.807) is 11.8 Å². The molecule has 4 nitrogen and oxygen atoms in total. The van der Waals surface area contributed by atoms with Gasteiger partial charge < -0.3 is 10.6 Å². The van der Waals surface area contributed by atoms with Crippen LogP contribution in [-0.4, -0.2) is 16.2 Å². The fourth-order valence-corrected chi connectivity index (χ4v) is 2.50. The number of nitrogens with one attached hydrogen (secondary N) is 2. The van der Waals surface area contributed by atoms with Gasteiger partial charge in [-0.2, -0.15) is 0 Å². The summed E-state index contributed by atoms with van der Waals surface area (Å²) < 4.78 is 0. The van der Waals surface area contributed by atoms with Crippen LogP contribution in [0.25, 0.3) is 0 Å². The minimum atomic E-state index is 0.817. The molecule has 0 spiro atoms. The summed E-state index contributed by atoms with van der Waals surface area (Å²) in [6, 6.07) is 8.34. The third-order valence-electron chi connectivity index (χ3n) is 3.16. The van der Waals surface area contributed by atoms with Crippen LogP contribution >= 0.6 is 11.8 Å². The molecule has 3 rings (SSSR count). The molecule has 0 fully saturated rings. The lowest BCUT2D eigenvalue weighted by Gasteiger charge is -2.11. The molecule has 0 saturated carbocycles. The van der Waals surface area contributed by atoms with E-state index in [0.29, 0.717) is 0 Å². The Morgan fingerprint density at radius 3 is 2.68 bits per heavy atom. The molecule has 0 unspecified atom stereocenters. The highest BCUT2D eigenvalue weighted by molar-refractivity contribution is 7.98. The molecule has 2 N–H and O–H groups in total. The third-order valence-corrected chi connectivity index (χ3v) is 3.71. The summed E-state index contributed by atoms with van der Waals surface area (Å²) in [5, 5.41) is 7.54. The van der Waals surface area contributed by atoms with Crippen LogP contribution in [-0.2, 0) is 13.1 Å². The van der Waals surface area contributed by atoms with Crippen molar-refractivity contribution >= 4 is 23.3 Å². The summed E-state index contributed by atoms with van der Waals surface area (Å²) in [5.41, 5.74) is 4.60. The molecule has 0 bridgehead atoms. The molecule has 19 heavy (non-hydrogen) atoms. The van der Waals surface area contributed by atoms with Gasteiger partial charge in [0.15, 0.2) is 5.16 Å². The second kappa shape index (κ2) is 5.19. The van der Waals surface area contributed by atoms with Gasteiger partial charge in [-0.1, -0.05) is 29.5 Å². The average molecular weight is 272 g/mol. The van der Waals surface area contributed by atoms with Gasteiger partial charge in [0.25, 0.3) is 0 Å². The number of thioether (sulfide) groups is 1. The van der Waals surface area contributed by atoms with Crippen molar-refractivity contribution in [2.45, 2.75) is 25.2 Å². The van der Waals surface area contributed by atoms with Crippen LogP contribution in [0.5, 0.6) is 0 Å². The summed E-state index contributed by atoms with van der Waals surface area (Å²) in [5.74, 6) is 0.920. The SMILES string of the molecule is CSc1nc2c(c(Nc3ccc(C)cc3)n1)CNC2. The summed E-state index contributed by atoms with van der Waals surface area (Å²) in [6.45, 7) is 3.74. The third kappa shape index (κ3) is 2.57. The van der Waals surface area contributed by atoms with Crippen molar-refractivity contribution in [2.75, 3.05) is 11.6 Å². The van der Waals surface area contributed by atoms with Crippen LogP contribution in [0.1, 0.15) is 16.8 Å². The Morgan fingerprint density at radius 2 is 1.95 bits per heavy atom. The summed E-state index contributed by atoms with van der Waals surface area (Å²) >= 11 is 1.57. The first-order valence-electron chi connectivity index (χ1n) is 6.24. The normalized spacial score (nSPS) is 13.4. The molecule has 0 atom stereocenters. The molecule has 1 aromatic carbocycles. The van der Waals surface area contributed by atoms with E-state index in [9.17, 15) is 0 Å². The Morgan fingerprint density at radius 1 is 1.16 bits per heavy atom. The molecule has 98 valence electrons. The second-order valence-electron chi connectivity index (χ2n) is 4.58. The number of nitrogens with zero attached hydrogens (tertiary/aromatic N) is 2. The first-order valence-corrected chi connectivity index (χ1v) is 7.47. The molecule has 0 saturated heterocycles. The summed E-state index contributed by atoms with van der Waals surface area (Å²) in [4.78, 5) is 9.12. The second-order valence-corrected chi connectivity index (χ2v) is 5.35. The van der Waals surface area contributed by atoms with Crippen LogP contribution < -0.4 is 10.6 Å². The molecule has 0 radical (unpaired) electrons. The van der Waals surface area contributed by atoms with Crippen LogP contribution in [0.4, 0.5) is 11.5 Å². The van der Waals surface area contributed by atoms with E-state index in [1.165, 1.54) is 11.1 Å². The van der Waals surface area contributed by atoms with E-state index in [4.69, 9.17) is 0 Å². The first kappa shape index (κ1) is 12.4. The van der Waals surface area contributed by atoms with Crippen molar-refractivity contribution in [1.82, 2.24) is 15.3 Å². The van der Waals surface area contributed by atoms with E-state index >= 15 is 0 Å². The van der Waals surface area contributed by atoms with Gasteiger partial charge in [-0.25, -0.2) is 9.97 Å². The monoisotopic (exact) mass is 272 g/mol. The quantitative estimate of drug-likeness (QED) is 0.664. The number of hydrogen-bond donors (Lipinski definition) is 2. The number of rotatable bonds is 3. The summed E-state index contributed by atoms with van der Waals surface area (Å²) in [6.07, 6.45) is 2.00. The number of aryl methyl sites for hydroxylation is 1. The fraction of sp³-hybridized carbons (Fsp3) is 0.286. The maximum atomic E-state index is 4.58. The number of benzene rings is 1. The van der Waals surface area contributed by atoms with Crippen molar-refractivity contribution < 1.29 is 0 Å². The zero-order valence-corrected chi connectivity index (χ0v) is 11.8. The molecular formula is C14H16N4S. The van der Waals surface area contributed by atoms with Gasteiger partial charge >= 0.3 is 0 Å². The van der Waals surface area contributed by atoms with Gasteiger partial charge in [-0.05, 0) is 25.3 Å². The van der Waals surface area contributed by atoms with Crippen molar-refractivity contribution in [1.29, 1.82) is 0 Å². The minimum absolute atomic E-state index is 0.817. The molecular weight excluding hydrogens is 256 g/mol. The van der Waals surface area contributed by atoms with Crippen molar-refractivity contribution in [3.8, 4) is 0 Å². The van der Waals surface area contributed by atoms with Crippen molar-refractivity contribution in [3.05, 3.63) is 41.1 Å². The van der Waals surface area contributed by atoms with Gasteiger partial charge in [0.05, 0.1) is 5.69 Å². The number of aromatic nitrogens is 2. The Balaban J connectivity index is 1.95. The van der Waals surface area contributed by atoms with Gasteiger partial charge in [-0.15, -0.1) is 0 Å². The summed E-state index contributed by atoms with van der Waals surface area (Å²) in [7, 11) is 0. The molecule has 2 heterocycles. The maximum absolute atomic E-state index is 4.58. The zero-order chi connectivity index (χ0) is 13.2. The Bertz CT molecular complexity index is 595. The lowest BCUT2D eigenvalue weighted by Crippen LogP contribution is -2.03. The Labute approximate surface area is 117 Å². The predicted molar refractivity (Wildman–Crippen MR) is 78.8 cm³/mol. The molecule has 1 aromatic heterocycles. The molecule has 1 aliphatic heterocycles. The molecule has 5 heteroatoms. The highest BCUT2D eigenvalue weighted by Crippen LogP contribution is 2.26. The van der Waals surface area contributed by atoms with E-state index in [2.05, 4.69) is 51.8 Å². The Hall–Kier alpha value is -1.59. The van der Waals surface area contributed by atoms with Crippen LogP contribution in [0.3, 0.4) is 0 Å². The average Bonchev–Trinajstić information content (AvgIpc) is 2.89. The largest absolute Gasteiger partial charge is 0.340 e. The minimum Gasteiger partial charge on any atom is -0.340 e. The molecule has 1 aliphatic rings. The lowest BCUT2D eigenvalue weighted by atomic mass is 10.2. The van der Waals surface area contributed by atoms with Gasteiger partial charge in [0.2, 0.25) is 0 Å². The van der Waals surface area contributed by atoms with E-state index in [0.717, 1.165) is 35.4 Å². The van der Waals surface area contributed by atoms with E-state index < -0.39 is 0 Å². The van der Waals surface area contributed by atoms with Gasteiger partial charge in [0, 0.05) is 24.3 Å². The maximum Gasteiger partial charge on any atom is 0.189 e. The topological polar surface area (TPSA) is 49.8 Å². The number of hydrogen-bond acceptors (Lipinski definition) is 5. The highest BCUT2D eigenvalue weighted by atomic mass is 32.2. The van der Waals surface area contributed by atoms with Crippen LogP contribution in [0.2, 0.25) is 0 Å². The fourth-order valence-electron chi connectivity index (χ4n) is 2.11. The highest BCUT2D eigenvalue weighted by Gasteiger charge is 2.18. The van der Waals surface area contributed by atoms with Crippen LogP contribution in [0.15, 0.2) is 29.4 Å². The van der Waals surface area contributed by atoms with Gasteiger partial charge in [-0.3, -0.25) is 0 Å². The number of anilines is 2. The zero-order valence-electron chi connectivity index (χ0n) is 11.0.